The van der Waals surface area contributed by atoms with Gasteiger partial charge in [0.1, 0.15) is 11.6 Å². The van der Waals surface area contributed by atoms with E-state index in [1.54, 1.807) is 24.9 Å². The number of rotatable bonds is 10. The topological polar surface area (TPSA) is 123 Å². The van der Waals surface area contributed by atoms with Crippen LogP contribution in [0.4, 0.5) is 29.1 Å². The van der Waals surface area contributed by atoms with Crippen LogP contribution in [-0.2, 0) is 0 Å². The van der Waals surface area contributed by atoms with Gasteiger partial charge in [0, 0.05) is 36.1 Å². The first-order chi connectivity index (χ1) is 22.1. The van der Waals surface area contributed by atoms with Crippen molar-refractivity contribution in [3.8, 4) is 23.1 Å². The van der Waals surface area contributed by atoms with E-state index in [4.69, 9.17) is 15.2 Å². The van der Waals surface area contributed by atoms with Crippen molar-refractivity contribution in [2.75, 3.05) is 30.4 Å². The molecule has 4 heterocycles. The normalized spacial score (nSPS) is 14.2. The number of nitrogens with two attached hydrogens (primary N) is 1. The molecule has 15 heteroatoms. The van der Waals surface area contributed by atoms with Crippen molar-refractivity contribution >= 4 is 40.1 Å². The predicted octanol–water partition coefficient (Wildman–Crippen LogP) is 6.70. The number of nitrogens with zero attached hydrogens (tertiary/aromatic N) is 4. The van der Waals surface area contributed by atoms with Crippen LogP contribution in [0.1, 0.15) is 34.5 Å². The number of alkyl halides is 2. The largest absolute Gasteiger partial charge is 0.433 e. The number of H-pyrrole nitrogens is 1. The second-order valence-electron chi connectivity index (χ2n) is 10.7. The molecule has 6 rings (SSSR count). The Morgan fingerprint density at radius 1 is 1.13 bits per heavy atom. The maximum atomic E-state index is 14.0. The number of benzene rings is 2. The fraction of sp³-hybridized carbons (Fsp3) is 0.258. The molecule has 240 valence electrons. The lowest BCUT2D eigenvalue weighted by Gasteiger charge is -2.31. The SMILES string of the molecule is CSN1CCC(Nc2cc3[nH]c(C(=O)c4cnn(-c5cnc(Oc6c(F)cccc6F)cc5C)c4N)cc3cc2OC(F)F)CC1. The molecule has 5 aromatic rings. The zero-order valence-electron chi connectivity index (χ0n) is 24.7. The van der Waals surface area contributed by atoms with Gasteiger partial charge in [-0.3, -0.25) is 9.10 Å². The monoisotopic (exact) mass is 655 g/mol. The van der Waals surface area contributed by atoms with Gasteiger partial charge in [-0.05, 0) is 61.9 Å². The van der Waals surface area contributed by atoms with Gasteiger partial charge in [0.2, 0.25) is 17.4 Å². The molecule has 1 aliphatic rings. The Morgan fingerprint density at radius 2 is 1.87 bits per heavy atom. The van der Waals surface area contributed by atoms with Crippen molar-refractivity contribution < 1.29 is 31.8 Å². The van der Waals surface area contributed by atoms with E-state index in [1.807, 2.05) is 6.26 Å². The minimum absolute atomic E-state index is 0.0167. The molecule has 2 aromatic carbocycles. The van der Waals surface area contributed by atoms with Crippen LogP contribution in [0.2, 0.25) is 0 Å². The molecular formula is C31H29F4N7O3S. The van der Waals surface area contributed by atoms with Gasteiger partial charge >= 0.3 is 6.61 Å². The number of nitrogens with one attached hydrogen (secondary N) is 2. The number of anilines is 2. The summed E-state index contributed by atoms with van der Waals surface area (Å²) in [6, 6.07) is 9.54. The number of para-hydroxylation sites is 1. The lowest BCUT2D eigenvalue weighted by atomic mass is 10.1. The van der Waals surface area contributed by atoms with E-state index < -0.39 is 29.8 Å². The molecule has 1 fully saturated rings. The standard InChI is InChI=1S/C31H29F4N7O3S/c1-16-10-27(45-29-20(32)4-3-5-21(29)33)37-15-25(16)42-30(36)19(14-38-42)28(43)24-11-17-12-26(44-31(34)35)23(13-22(17)40-24)39-18-6-8-41(46-2)9-7-18/h3-5,10-15,18,31,39-40H,6-9,36H2,1-2H3. The molecule has 0 unspecified atom stereocenters. The van der Waals surface area contributed by atoms with Gasteiger partial charge in [0.15, 0.2) is 11.6 Å². The van der Waals surface area contributed by atoms with Gasteiger partial charge in [-0.1, -0.05) is 18.0 Å². The number of ketones is 1. The summed E-state index contributed by atoms with van der Waals surface area (Å²) in [7, 11) is 0. The maximum Gasteiger partial charge on any atom is 0.387 e. The Kier molecular flexibility index (Phi) is 8.77. The van der Waals surface area contributed by atoms with Crippen LogP contribution in [0.5, 0.6) is 17.4 Å². The van der Waals surface area contributed by atoms with Crippen LogP contribution < -0.4 is 20.5 Å². The number of aromatic nitrogens is 4. The first-order valence-corrected chi connectivity index (χ1v) is 15.4. The summed E-state index contributed by atoms with van der Waals surface area (Å²) in [5.41, 5.74) is 8.50. The molecule has 4 N–H and O–H groups in total. The summed E-state index contributed by atoms with van der Waals surface area (Å²) in [4.78, 5) is 20.8. The molecule has 0 spiro atoms. The van der Waals surface area contributed by atoms with Crippen LogP contribution in [0, 0.1) is 18.6 Å². The summed E-state index contributed by atoms with van der Waals surface area (Å²) < 4.78 is 68.4. The summed E-state index contributed by atoms with van der Waals surface area (Å²) in [5, 5.41) is 8.10. The van der Waals surface area contributed by atoms with E-state index in [-0.39, 0.29) is 34.7 Å². The fourth-order valence-electron chi connectivity index (χ4n) is 5.35. The summed E-state index contributed by atoms with van der Waals surface area (Å²) >= 11 is 1.67. The average Bonchev–Trinajstić information content (AvgIpc) is 3.62. The van der Waals surface area contributed by atoms with E-state index in [9.17, 15) is 22.4 Å². The number of piperidine rings is 1. The second-order valence-corrected chi connectivity index (χ2v) is 11.6. The number of carbonyl (C=O) groups is 1. The van der Waals surface area contributed by atoms with E-state index >= 15 is 0 Å². The van der Waals surface area contributed by atoms with E-state index in [2.05, 4.69) is 24.7 Å². The third-order valence-electron chi connectivity index (χ3n) is 7.72. The molecule has 0 aliphatic carbocycles. The number of aromatic amines is 1. The Hall–Kier alpha value is -4.76. The van der Waals surface area contributed by atoms with Crippen molar-refractivity contribution in [2.24, 2.45) is 0 Å². The maximum absolute atomic E-state index is 14.0. The molecule has 0 atom stereocenters. The number of fused-ring (bicyclic) bond motifs is 1. The van der Waals surface area contributed by atoms with Gasteiger partial charge in [-0.25, -0.2) is 18.4 Å². The highest BCUT2D eigenvalue weighted by Crippen LogP contribution is 2.35. The number of halogens is 4. The number of nitrogen functional groups attached to an aromatic ring is 1. The minimum Gasteiger partial charge on any atom is -0.433 e. The number of hydrogen-bond acceptors (Lipinski definition) is 9. The van der Waals surface area contributed by atoms with E-state index in [0.717, 1.165) is 38.1 Å². The molecule has 0 radical (unpaired) electrons. The highest BCUT2D eigenvalue weighted by molar-refractivity contribution is 7.96. The van der Waals surface area contributed by atoms with Crippen LogP contribution >= 0.6 is 11.9 Å². The average molecular weight is 656 g/mol. The number of hydrogen-bond donors (Lipinski definition) is 3. The summed E-state index contributed by atoms with van der Waals surface area (Å²) in [6.45, 7) is 0.396. The molecule has 1 aliphatic heterocycles. The van der Waals surface area contributed by atoms with Gasteiger partial charge in [0.25, 0.3) is 0 Å². The summed E-state index contributed by atoms with van der Waals surface area (Å²) in [6.07, 6.45) is 6.35. The Bertz CT molecular complexity index is 1890. The molecule has 10 nitrogen and oxygen atoms in total. The zero-order valence-corrected chi connectivity index (χ0v) is 25.5. The predicted molar refractivity (Wildman–Crippen MR) is 167 cm³/mol. The fourth-order valence-corrected chi connectivity index (χ4v) is 5.92. The lowest BCUT2D eigenvalue weighted by molar-refractivity contribution is -0.0493. The van der Waals surface area contributed by atoms with Crippen molar-refractivity contribution in [1.29, 1.82) is 0 Å². The third-order valence-corrected chi connectivity index (χ3v) is 8.60. The third kappa shape index (κ3) is 6.33. The number of pyridine rings is 1. The summed E-state index contributed by atoms with van der Waals surface area (Å²) in [5.74, 6) is -2.87. The molecule has 0 amide bonds. The van der Waals surface area contributed by atoms with Crippen molar-refractivity contribution in [2.45, 2.75) is 32.4 Å². The smallest absolute Gasteiger partial charge is 0.387 e. The lowest BCUT2D eigenvalue weighted by Crippen LogP contribution is -2.35. The van der Waals surface area contributed by atoms with Crippen molar-refractivity contribution in [3.63, 3.8) is 0 Å². The Balaban J connectivity index is 1.25. The van der Waals surface area contributed by atoms with E-state index in [0.29, 0.717) is 27.8 Å². The number of carbonyl (C=O) groups excluding carboxylic acids is 1. The minimum atomic E-state index is -3.03. The zero-order chi connectivity index (χ0) is 32.5. The molecule has 0 saturated carbocycles. The first kappa shape index (κ1) is 31.2. The van der Waals surface area contributed by atoms with Crippen molar-refractivity contribution in [1.82, 2.24) is 24.1 Å². The second kappa shape index (κ2) is 12.9. The highest BCUT2D eigenvalue weighted by atomic mass is 32.2. The van der Waals surface area contributed by atoms with Crippen LogP contribution in [0.25, 0.3) is 16.6 Å². The van der Waals surface area contributed by atoms with Gasteiger partial charge in [-0.2, -0.15) is 13.9 Å². The Morgan fingerprint density at radius 3 is 2.54 bits per heavy atom. The molecular weight excluding hydrogens is 626 g/mol. The van der Waals surface area contributed by atoms with Gasteiger partial charge < -0.3 is 25.5 Å². The van der Waals surface area contributed by atoms with Crippen LogP contribution in [0.3, 0.4) is 0 Å². The molecule has 46 heavy (non-hydrogen) atoms. The quantitative estimate of drug-likeness (QED) is 0.0857. The van der Waals surface area contributed by atoms with Crippen molar-refractivity contribution in [3.05, 3.63) is 83.3 Å². The van der Waals surface area contributed by atoms with Gasteiger partial charge in [-0.15, -0.1) is 0 Å². The molecule has 1 saturated heterocycles. The number of ether oxygens (including phenoxy) is 2. The first-order valence-electron chi connectivity index (χ1n) is 14.3. The number of aryl methyl sites for hydroxylation is 1. The molecule has 3 aromatic heterocycles. The van der Waals surface area contributed by atoms with Gasteiger partial charge in [0.05, 0.1) is 35.0 Å². The van der Waals surface area contributed by atoms with Crippen LogP contribution in [-0.4, -0.2) is 61.8 Å². The van der Waals surface area contributed by atoms with E-state index in [1.165, 1.54) is 41.3 Å². The molecule has 0 bridgehead atoms. The van der Waals surface area contributed by atoms with Crippen LogP contribution in [0.15, 0.2) is 54.9 Å². The Labute approximate surface area is 265 Å². The highest BCUT2D eigenvalue weighted by Gasteiger charge is 2.24.